The number of amides is 1. The van der Waals surface area contributed by atoms with Crippen molar-refractivity contribution in [2.24, 2.45) is 0 Å². The number of nitrogens with zero attached hydrogens (tertiary/aromatic N) is 1. The zero-order valence-electron chi connectivity index (χ0n) is 17.4. The smallest absolute Gasteiger partial charge is 0.339 e. The summed E-state index contributed by atoms with van der Waals surface area (Å²) in [5.74, 6) is -1.33. The van der Waals surface area contributed by atoms with Gasteiger partial charge in [-0.15, -0.1) is 0 Å². The largest absolute Gasteiger partial charge is 0.449 e. The van der Waals surface area contributed by atoms with Crippen molar-refractivity contribution in [3.63, 3.8) is 0 Å². The highest BCUT2D eigenvalue weighted by atomic mass is 16.6. The molecule has 0 aliphatic rings. The van der Waals surface area contributed by atoms with Crippen LogP contribution in [0.2, 0.25) is 0 Å². The second-order valence-electron chi connectivity index (χ2n) is 6.76. The van der Waals surface area contributed by atoms with Gasteiger partial charge < -0.3 is 20.1 Å². The van der Waals surface area contributed by atoms with Crippen LogP contribution < -0.4 is 10.6 Å². The molecule has 2 aromatic carbocycles. The van der Waals surface area contributed by atoms with E-state index >= 15 is 0 Å². The maximum absolute atomic E-state index is 12.4. The van der Waals surface area contributed by atoms with Crippen LogP contribution in [0, 0.1) is 24.0 Å². The number of ether oxygens (including phenoxy) is 2. The summed E-state index contributed by atoms with van der Waals surface area (Å²) in [5, 5.41) is 16.9. The number of benzene rings is 2. The fourth-order valence-corrected chi connectivity index (χ4v) is 2.72. The van der Waals surface area contributed by atoms with E-state index in [0.717, 1.165) is 17.2 Å². The molecule has 0 aliphatic carbocycles. The number of aryl methyl sites for hydroxylation is 2. The second kappa shape index (κ2) is 10.4. The van der Waals surface area contributed by atoms with Crippen LogP contribution in [-0.4, -0.2) is 43.2 Å². The molecule has 0 saturated heterocycles. The third-order valence-electron chi connectivity index (χ3n) is 4.34. The van der Waals surface area contributed by atoms with E-state index in [9.17, 15) is 19.7 Å². The Labute approximate surface area is 174 Å². The van der Waals surface area contributed by atoms with Gasteiger partial charge in [0.25, 0.3) is 11.6 Å². The molecule has 1 amide bonds. The Balaban J connectivity index is 2.07. The topological polar surface area (TPSA) is 120 Å². The Hall–Kier alpha value is -3.46. The van der Waals surface area contributed by atoms with Gasteiger partial charge in [-0.3, -0.25) is 14.9 Å². The first-order valence-electron chi connectivity index (χ1n) is 9.33. The van der Waals surface area contributed by atoms with Gasteiger partial charge in [-0.1, -0.05) is 17.7 Å². The molecule has 2 N–H and O–H groups in total. The third kappa shape index (κ3) is 6.02. The highest BCUT2D eigenvalue weighted by molar-refractivity contribution is 5.98. The molecule has 2 rings (SSSR count). The lowest BCUT2D eigenvalue weighted by molar-refractivity contribution is -0.384. The lowest BCUT2D eigenvalue weighted by atomic mass is 10.1. The summed E-state index contributed by atoms with van der Waals surface area (Å²) in [6.07, 6.45) is -1.09. The summed E-state index contributed by atoms with van der Waals surface area (Å²) >= 11 is 0. The molecule has 0 unspecified atom stereocenters. The molecule has 0 saturated carbocycles. The zero-order valence-corrected chi connectivity index (χ0v) is 17.4. The van der Waals surface area contributed by atoms with Crippen molar-refractivity contribution >= 4 is 28.9 Å². The van der Waals surface area contributed by atoms with Gasteiger partial charge >= 0.3 is 5.97 Å². The van der Waals surface area contributed by atoms with Crippen molar-refractivity contribution in [1.82, 2.24) is 0 Å². The van der Waals surface area contributed by atoms with E-state index in [0.29, 0.717) is 18.8 Å². The number of nitro groups is 1. The fraction of sp³-hybridized carbons (Fsp3) is 0.333. The molecule has 1 atom stereocenters. The monoisotopic (exact) mass is 415 g/mol. The number of carbonyl (C=O) groups excluding carboxylic acids is 2. The summed E-state index contributed by atoms with van der Waals surface area (Å²) in [6, 6.07) is 9.50. The minimum absolute atomic E-state index is 0.0230. The molecule has 0 fully saturated rings. The van der Waals surface area contributed by atoms with Gasteiger partial charge in [-0.25, -0.2) is 4.79 Å². The first-order chi connectivity index (χ1) is 14.2. The van der Waals surface area contributed by atoms with E-state index in [1.165, 1.54) is 26.2 Å². The molecule has 0 spiro atoms. The second-order valence-corrected chi connectivity index (χ2v) is 6.76. The predicted molar refractivity (Wildman–Crippen MR) is 113 cm³/mol. The van der Waals surface area contributed by atoms with Gasteiger partial charge in [0.15, 0.2) is 6.10 Å². The molecule has 9 heteroatoms. The summed E-state index contributed by atoms with van der Waals surface area (Å²) in [4.78, 5) is 35.5. The molecule has 30 heavy (non-hydrogen) atoms. The molecule has 0 heterocycles. The zero-order chi connectivity index (χ0) is 22.3. The first kappa shape index (κ1) is 22.8. The van der Waals surface area contributed by atoms with Crippen molar-refractivity contribution in [1.29, 1.82) is 0 Å². The van der Waals surface area contributed by atoms with E-state index in [2.05, 4.69) is 10.6 Å². The Morgan fingerprint density at radius 3 is 2.47 bits per heavy atom. The lowest BCUT2D eigenvalue weighted by Crippen LogP contribution is -2.30. The van der Waals surface area contributed by atoms with Crippen LogP contribution in [0.25, 0.3) is 0 Å². The number of nitrogens with one attached hydrogen (secondary N) is 2. The van der Waals surface area contributed by atoms with Gasteiger partial charge in [-0.2, -0.15) is 0 Å². The first-order valence-corrected chi connectivity index (χ1v) is 9.33. The van der Waals surface area contributed by atoms with Gasteiger partial charge in [0, 0.05) is 25.4 Å². The Morgan fingerprint density at radius 1 is 1.13 bits per heavy atom. The Bertz CT molecular complexity index is 944. The van der Waals surface area contributed by atoms with Crippen molar-refractivity contribution in [3.05, 3.63) is 63.2 Å². The van der Waals surface area contributed by atoms with Crippen LogP contribution in [-0.2, 0) is 14.3 Å². The van der Waals surface area contributed by atoms with Crippen LogP contribution in [0.4, 0.5) is 17.1 Å². The van der Waals surface area contributed by atoms with E-state index in [1.54, 1.807) is 6.07 Å². The molecule has 9 nitrogen and oxygen atoms in total. The number of anilines is 2. The Morgan fingerprint density at radius 2 is 1.83 bits per heavy atom. The van der Waals surface area contributed by atoms with Crippen LogP contribution in [0.5, 0.6) is 0 Å². The molecule has 2 aromatic rings. The van der Waals surface area contributed by atoms with Gasteiger partial charge in [0.2, 0.25) is 0 Å². The number of nitro benzene ring substituents is 1. The number of hydrogen-bond acceptors (Lipinski definition) is 7. The van der Waals surface area contributed by atoms with Crippen molar-refractivity contribution in [3.8, 4) is 0 Å². The number of hydrogen-bond donors (Lipinski definition) is 2. The van der Waals surface area contributed by atoms with Gasteiger partial charge in [-0.05, 0) is 44.5 Å². The number of esters is 1. The van der Waals surface area contributed by atoms with Crippen LogP contribution in [0.1, 0.15) is 28.4 Å². The standard InChI is InChI=1S/C21H25N3O6/c1-13-5-7-17(14(2)11-13)23-20(25)15(3)30-21(26)16-6-8-18(22-9-10-29-4)19(12-16)24(27)28/h5-8,11-12,15,22H,9-10H2,1-4H3,(H,23,25)/t15-/m1/s1. The molecular formula is C21H25N3O6. The summed E-state index contributed by atoms with van der Waals surface area (Å²) in [6.45, 7) is 5.98. The maximum atomic E-state index is 12.4. The van der Waals surface area contributed by atoms with Crippen LogP contribution in [0.15, 0.2) is 36.4 Å². The molecule has 0 aromatic heterocycles. The SMILES string of the molecule is COCCNc1ccc(C(=O)O[C@H](C)C(=O)Nc2ccc(C)cc2C)cc1[N+](=O)[O-]. The van der Waals surface area contributed by atoms with E-state index in [4.69, 9.17) is 9.47 Å². The van der Waals surface area contributed by atoms with Crippen LogP contribution >= 0.6 is 0 Å². The molecule has 0 bridgehead atoms. The predicted octanol–water partition coefficient (Wildman–Crippen LogP) is 3.45. The minimum atomic E-state index is -1.09. The number of carbonyl (C=O) groups is 2. The number of rotatable bonds is 9. The van der Waals surface area contributed by atoms with Crippen molar-refractivity contribution < 1.29 is 24.0 Å². The lowest BCUT2D eigenvalue weighted by Gasteiger charge is -2.15. The summed E-state index contributed by atoms with van der Waals surface area (Å²) in [7, 11) is 1.52. The van der Waals surface area contributed by atoms with Crippen LogP contribution in [0.3, 0.4) is 0 Å². The molecular weight excluding hydrogens is 390 g/mol. The highest BCUT2D eigenvalue weighted by Crippen LogP contribution is 2.26. The van der Waals surface area contributed by atoms with E-state index < -0.39 is 22.9 Å². The molecule has 160 valence electrons. The highest BCUT2D eigenvalue weighted by Gasteiger charge is 2.22. The average Bonchev–Trinajstić information content (AvgIpc) is 2.70. The fourth-order valence-electron chi connectivity index (χ4n) is 2.72. The quantitative estimate of drug-likeness (QED) is 0.278. The van der Waals surface area contributed by atoms with E-state index in [1.807, 2.05) is 26.0 Å². The van der Waals surface area contributed by atoms with Gasteiger partial charge in [0.05, 0.1) is 17.1 Å². The average molecular weight is 415 g/mol. The van der Waals surface area contributed by atoms with Crippen molar-refractivity contribution in [2.45, 2.75) is 26.9 Å². The van der Waals surface area contributed by atoms with E-state index in [-0.39, 0.29) is 16.9 Å². The molecule has 0 radical (unpaired) electrons. The van der Waals surface area contributed by atoms with Crippen molar-refractivity contribution in [2.75, 3.05) is 30.9 Å². The van der Waals surface area contributed by atoms with Gasteiger partial charge in [0.1, 0.15) is 5.69 Å². The molecule has 0 aliphatic heterocycles. The normalized spacial score (nSPS) is 11.5. The summed E-state index contributed by atoms with van der Waals surface area (Å²) in [5.41, 5.74) is 2.53. The third-order valence-corrected chi connectivity index (χ3v) is 4.34. The maximum Gasteiger partial charge on any atom is 0.339 e. The Kier molecular flexibility index (Phi) is 7.88. The minimum Gasteiger partial charge on any atom is -0.449 e. The number of methoxy groups -OCH3 is 1. The summed E-state index contributed by atoms with van der Waals surface area (Å²) < 4.78 is 10.1.